The van der Waals surface area contributed by atoms with E-state index < -0.39 is 0 Å². The van der Waals surface area contributed by atoms with E-state index >= 15 is 0 Å². The zero-order valence-corrected chi connectivity index (χ0v) is 11.6. The lowest BCUT2D eigenvalue weighted by atomic mass is 9.99. The lowest BCUT2D eigenvalue weighted by molar-refractivity contribution is -0.119. The van der Waals surface area contributed by atoms with Crippen molar-refractivity contribution in [3.05, 3.63) is 22.8 Å². The van der Waals surface area contributed by atoms with Crippen molar-refractivity contribution >= 4 is 5.78 Å². The second kappa shape index (κ2) is 5.59. The zero-order valence-electron chi connectivity index (χ0n) is 11.6. The molecule has 3 heteroatoms. The molecule has 0 aromatic carbocycles. The van der Waals surface area contributed by atoms with Gasteiger partial charge in [-0.2, -0.15) is 0 Å². The van der Waals surface area contributed by atoms with E-state index in [-0.39, 0.29) is 6.10 Å². The van der Waals surface area contributed by atoms with E-state index in [1.54, 1.807) is 7.11 Å². The molecule has 0 radical (unpaired) electrons. The van der Waals surface area contributed by atoms with Crippen LogP contribution < -0.4 is 0 Å². The van der Waals surface area contributed by atoms with Gasteiger partial charge >= 0.3 is 0 Å². The summed E-state index contributed by atoms with van der Waals surface area (Å²) in [7, 11) is 1.66. The largest absolute Gasteiger partial charge is 0.359 e. The average Bonchev–Trinajstić information content (AvgIpc) is 2.94. The van der Waals surface area contributed by atoms with E-state index in [0.29, 0.717) is 31.3 Å². The maximum absolute atomic E-state index is 11.8. The molecule has 0 aliphatic heterocycles. The van der Waals surface area contributed by atoms with Gasteiger partial charge in [0.25, 0.3) is 0 Å². The number of allylic oxidation sites excluding steroid dienone is 3. The van der Waals surface area contributed by atoms with E-state index in [1.807, 2.05) is 0 Å². The van der Waals surface area contributed by atoms with Crippen molar-refractivity contribution in [2.45, 2.75) is 51.0 Å². The number of ketones is 1. The highest BCUT2D eigenvalue weighted by atomic mass is 16.7. The van der Waals surface area contributed by atoms with Crippen molar-refractivity contribution in [2.24, 2.45) is 5.92 Å². The molecule has 0 bridgehead atoms. The molecule has 0 unspecified atom stereocenters. The number of rotatable bonds is 3. The van der Waals surface area contributed by atoms with Crippen molar-refractivity contribution in [1.82, 2.24) is 0 Å². The van der Waals surface area contributed by atoms with Gasteiger partial charge in [0.15, 0.2) is 0 Å². The van der Waals surface area contributed by atoms with Crippen LogP contribution in [-0.4, -0.2) is 25.8 Å². The predicted octanol–water partition coefficient (Wildman–Crippen LogP) is 3.16. The number of hydrogen-bond acceptors (Lipinski definition) is 3. The number of ether oxygens (including phenoxy) is 2. The molecule has 0 spiro atoms. The molecule has 0 aromatic rings. The number of hydrogen-bond donors (Lipinski definition) is 0. The second-order valence-corrected chi connectivity index (χ2v) is 5.78. The molecule has 3 rings (SSSR count). The first-order chi connectivity index (χ1) is 9.29. The molecule has 0 saturated heterocycles. The lowest BCUT2D eigenvalue weighted by Gasteiger charge is -2.16. The molecule has 1 fully saturated rings. The van der Waals surface area contributed by atoms with Gasteiger partial charge in [-0.15, -0.1) is 0 Å². The predicted molar refractivity (Wildman–Crippen MR) is 72.7 cm³/mol. The van der Waals surface area contributed by atoms with E-state index in [9.17, 15) is 4.79 Å². The van der Waals surface area contributed by atoms with Gasteiger partial charge < -0.3 is 9.47 Å². The zero-order chi connectivity index (χ0) is 13.2. The number of methoxy groups -OCH3 is 1. The molecule has 3 aliphatic rings. The molecule has 19 heavy (non-hydrogen) atoms. The Morgan fingerprint density at radius 1 is 1.26 bits per heavy atom. The van der Waals surface area contributed by atoms with Crippen LogP contribution in [0.25, 0.3) is 0 Å². The summed E-state index contributed by atoms with van der Waals surface area (Å²) in [6, 6.07) is 0. The van der Waals surface area contributed by atoms with Gasteiger partial charge in [0, 0.05) is 20.0 Å². The molecule has 104 valence electrons. The highest BCUT2D eigenvalue weighted by Gasteiger charge is 2.39. The van der Waals surface area contributed by atoms with Crippen LogP contribution in [0.4, 0.5) is 0 Å². The Kier molecular flexibility index (Phi) is 3.85. The van der Waals surface area contributed by atoms with Gasteiger partial charge in [-0.05, 0) is 54.7 Å². The smallest absolute Gasteiger partial charge is 0.147 e. The lowest BCUT2D eigenvalue weighted by Crippen LogP contribution is -2.16. The fraction of sp³-hybridized carbons (Fsp3) is 0.688. The van der Waals surface area contributed by atoms with Crippen LogP contribution in [0, 0.1) is 5.92 Å². The van der Waals surface area contributed by atoms with E-state index in [0.717, 1.165) is 19.3 Å². The number of carbonyl (C=O) groups is 1. The normalized spacial score (nSPS) is 33.5. The topological polar surface area (TPSA) is 35.5 Å². The Labute approximate surface area is 114 Å². The van der Waals surface area contributed by atoms with E-state index in [4.69, 9.17) is 9.47 Å². The maximum Gasteiger partial charge on any atom is 0.147 e. The van der Waals surface area contributed by atoms with Crippen molar-refractivity contribution in [1.29, 1.82) is 0 Å². The number of carbonyl (C=O) groups excluding carboxylic acids is 1. The summed E-state index contributed by atoms with van der Waals surface area (Å²) in [6.45, 7) is 0.348. The van der Waals surface area contributed by atoms with Gasteiger partial charge in [0.1, 0.15) is 12.6 Å². The van der Waals surface area contributed by atoms with Crippen molar-refractivity contribution in [2.75, 3.05) is 13.9 Å². The summed E-state index contributed by atoms with van der Waals surface area (Å²) in [5.41, 5.74) is 4.43. The van der Waals surface area contributed by atoms with Crippen molar-refractivity contribution in [3.8, 4) is 0 Å². The Balaban J connectivity index is 1.88. The Morgan fingerprint density at radius 2 is 2.16 bits per heavy atom. The van der Waals surface area contributed by atoms with Crippen LogP contribution in [0.3, 0.4) is 0 Å². The van der Waals surface area contributed by atoms with Crippen molar-refractivity contribution in [3.63, 3.8) is 0 Å². The van der Waals surface area contributed by atoms with Gasteiger partial charge in [-0.3, -0.25) is 4.79 Å². The van der Waals surface area contributed by atoms with Crippen LogP contribution in [0.15, 0.2) is 22.8 Å². The molecule has 0 amide bonds. The molecular weight excluding hydrogens is 240 g/mol. The minimum absolute atomic E-state index is 0.176. The van der Waals surface area contributed by atoms with Gasteiger partial charge in [-0.1, -0.05) is 6.08 Å². The molecule has 0 aromatic heterocycles. The fourth-order valence-electron chi connectivity index (χ4n) is 3.78. The van der Waals surface area contributed by atoms with Gasteiger partial charge in [0.2, 0.25) is 0 Å². The summed E-state index contributed by atoms with van der Waals surface area (Å²) in [4.78, 5) is 11.8. The SMILES string of the molecule is COCO[C@@H]1C[C@@H]2CC/C3=C/CCC(=O)CCC1=C32. The average molecular weight is 262 g/mol. The van der Waals surface area contributed by atoms with Crippen LogP contribution in [0.2, 0.25) is 0 Å². The summed E-state index contributed by atoms with van der Waals surface area (Å²) in [6.07, 6.45) is 9.20. The first kappa shape index (κ1) is 13.1. The summed E-state index contributed by atoms with van der Waals surface area (Å²) >= 11 is 0. The highest BCUT2D eigenvalue weighted by Crippen LogP contribution is 2.49. The minimum atomic E-state index is 0.176. The maximum atomic E-state index is 11.8. The molecule has 3 nitrogen and oxygen atoms in total. The van der Waals surface area contributed by atoms with Crippen LogP contribution in [0.5, 0.6) is 0 Å². The third kappa shape index (κ3) is 2.54. The minimum Gasteiger partial charge on any atom is -0.359 e. The van der Waals surface area contributed by atoms with Gasteiger partial charge in [0.05, 0.1) is 6.10 Å². The fourth-order valence-corrected chi connectivity index (χ4v) is 3.78. The molecule has 3 aliphatic carbocycles. The van der Waals surface area contributed by atoms with Gasteiger partial charge in [-0.25, -0.2) is 0 Å². The summed E-state index contributed by atoms with van der Waals surface area (Å²) in [5.74, 6) is 1.05. The molecule has 0 heterocycles. The first-order valence-corrected chi connectivity index (χ1v) is 7.34. The van der Waals surface area contributed by atoms with Crippen LogP contribution in [-0.2, 0) is 14.3 Å². The first-order valence-electron chi connectivity index (χ1n) is 7.34. The molecule has 0 N–H and O–H groups in total. The standard InChI is InChI=1S/C16H22O3/c1-18-10-19-15-9-12-6-5-11-3-2-4-13(17)7-8-14(15)16(11)12/h3,12,15H,2,4-10H2,1H3/b11-3-/t12-,15+/m0/s1. The third-order valence-corrected chi connectivity index (χ3v) is 4.62. The van der Waals surface area contributed by atoms with E-state index in [1.165, 1.54) is 29.6 Å². The Hall–Kier alpha value is -0.930. The molecule has 2 atom stereocenters. The summed E-state index contributed by atoms with van der Waals surface area (Å²) in [5, 5.41) is 0. The molecule has 1 saturated carbocycles. The van der Waals surface area contributed by atoms with E-state index in [2.05, 4.69) is 6.08 Å². The van der Waals surface area contributed by atoms with Crippen LogP contribution >= 0.6 is 0 Å². The highest BCUT2D eigenvalue weighted by molar-refractivity contribution is 5.79. The number of Topliss-reactive ketones (excluding diaryl/α,β-unsaturated/α-hetero) is 1. The summed E-state index contributed by atoms with van der Waals surface area (Å²) < 4.78 is 10.9. The Bertz CT molecular complexity index is 433. The third-order valence-electron chi connectivity index (χ3n) is 4.62. The second-order valence-electron chi connectivity index (χ2n) is 5.78. The van der Waals surface area contributed by atoms with Crippen molar-refractivity contribution < 1.29 is 14.3 Å². The monoisotopic (exact) mass is 262 g/mol. The quantitative estimate of drug-likeness (QED) is 0.733. The Morgan fingerprint density at radius 3 is 3.00 bits per heavy atom. The molecular formula is C16H22O3. The van der Waals surface area contributed by atoms with Crippen LogP contribution in [0.1, 0.15) is 44.9 Å².